The summed E-state index contributed by atoms with van der Waals surface area (Å²) in [6.07, 6.45) is 2.61. The van der Waals surface area contributed by atoms with Crippen LogP contribution in [0.1, 0.15) is 15.9 Å². The van der Waals surface area contributed by atoms with Crippen LogP contribution in [-0.2, 0) is 19.9 Å². The number of hydrogen-bond donors (Lipinski definition) is 0. The number of fused-ring (bicyclic) bond motifs is 2. The number of benzene rings is 1. The van der Waals surface area contributed by atoms with E-state index in [9.17, 15) is 14.4 Å². The predicted molar refractivity (Wildman–Crippen MR) is 60.5 cm³/mol. The third-order valence-electron chi connectivity index (χ3n) is 3.20. The summed E-state index contributed by atoms with van der Waals surface area (Å²) < 4.78 is 5.15. The highest BCUT2D eigenvalue weighted by Gasteiger charge is 2.53. The molecule has 0 fully saturated rings. The van der Waals surface area contributed by atoms with E-state index in [0.717, 1.165) is 4.90 Å². The van der Waals surface area contributed by atoms with E-state index in [2.05, 4.69) is 0 Å². The molecular formula is C13H9NO4. The van der Waals surface area contributed by atoms with Crippen LogP contribution < -0.4 is 0 Å². The van der Waals surface area contributed by atoms with Gasteiger partial charge >= 0.3 is 5.97 Å². The predicted octanol–water partition coefficient (Wildman–Crippen LogP) is 0.607. The molecule has 5 heteroatoms. The van der Waals surface area contributed by atoms with E-state index in [1.165, 1.54) is 19.2 Å². The Morgan fingerprint density at radius 3 is 2.56 bits per heavy atom. The Kier molecular flexibility index (Phi) is 1.96. The fourth-order valence-corrected chi connectivity index (χ4v) is 2.30. The van der Waals surface area contributed by atoms with Crippen LogP contribution in [0, 0.1) is 0 Å². The number of carbonyl (C=O) groups is 3. The topological polar surface area (TPSA) is 63.7 Å². The molecule has 5 nitrogen and oxygen atoms in total. The summed E-state index contributed by atoms with van der Waals surface area (Å²) in [6.45, 7) is 0. The maximum atomic E-state index is 12.2. The van der Waals surface area contributed by atoms with Crippen molar-refractivity contribution in [2.45, 2.75) is 5.60 Å². The van der Waals surface area contributed by atoms with Gasteiger partial charge in [-0.2, -0.15) is 0 Å². The summed E-state index contributed by atoms with van der Waals surface area (Å²) >= 11 is 0. The average Bonchev–Trinajstić information content (AvgIpc) is 2.78. The number of hydrogen-bond acceptors (Lipinski definition) is 4. The largest absolute Gasteiger partial charge is 0.436 e. The van der Waals surface area contributed by atoms with Crippen LogP contribution in [0.15, 0.2) is 36.4 Å². The van der Waals surface area contributed by atoms with E-state index < -0.39 is 23.4 Å². The van der Waals surface area contributed by atoms with Crippen LogP contribution in [0.25, 0.3) is 0 Å². The number of imide groups is 1. The molecule has 0 N–H and O–H groups in total. The summed E-state index contributed by atoms with van der Waals surface area (Å²) in [4.78, 5) is 36.5. The second kappa shape index (κ2) is 3.29. The van der Waals surface area contributed by atoms with Crippen molar-refractivity contribution in [2.24, 2.45) is 0 Å². The van der Waals surface area contributed by atoms with Crippen molar-refractivity contribution in [1.29, 1.82) is 0 Å². The van der Waals surface area contributed by atoms with Gasteiger partial charge in [0.1, 0.15) is 0 Å². The van der Waals surface area contributed by atoms with E-state index in [1.54, 1.807) is 24.3 Å². The summed E-state index contributed by atoms with van der Waals surface area (Å²) in [6, 6.07) is 6.64. The lowest BCUT2D eigenvalue weighted by molar-refractivity contribution is -0.161. The van der Waals surface area contributed by atoms with Crippen LogP contribution in [0.3, 0.4) is 0 Å². The number of likely N-dealkylation sites (N-methyl/N-ethyl adjacent to an activating group) is 1. The Morgan fingerprint density at radius 1 is 1.17 bits per heavy atom. The van der Waals surface area contributed by atoms with Crippen molar-refractivity contribution in [3.8, 4) is 0 Å². The standard InChI is InChI=1S/C13H9NO4/c1-14-11(16)8-4-2-3-5-9(8)13(12(14)17)7-6-10(15)18-13/h2-7H,1H3. The molecule has 0 radical (unpaired) electrons. The summed E-state index contributed by atoms with van der Waals surface area (Å²) in [5.41, 5.74) is -0.685. The lowest BCUT2D eigenvalue weighted by Crippen LogP contribution is -2.52. The quantitative estimate of drug-likeness (QED) is 0.494. The highest BCUT2D eigenvalue weighted by atomic mass is 16.6. The van der Waals surface area contributed by atoms with Crippen LogP contribution in [-0.4, -0.2) is 29.7 Å². The maximum Gasteiger partial charge on any atom is 0.332 e. The van der Waals surface area contributed by atoms with Gasteiger partial charge in [-0.05, 0) is 12.1 Å². The van der Waals surface area contributed by atoms with E-state index in [4.69, 9.17) is 4.74 Å². The van der Waals surface area contributed by atoms with E-state index >= 15 is 0 Å². The van der Waals surface area contributed by atoms with E-state index in [1.807, 2.05) is 0 Å². The van der Waals surface area contributed by atoms with Crippen molar-refractivity contribution in [3.63, 3.8) is 0 Å². The third-order valence-corrected chi connectivity index (χ3v) is 3.20. The molecule has 3 rings (SSSR count). The molecule has 0 saturated carbocycles. The Bertz CT molecular complexity index is 619. The van der Waals surface area contributed by atoms with Gasteiger partial charge in [0.05, 0.1) is 0 Å². The SMILES string of the molecule is CN1C(=O)c2ccccc2C2(C=CC(=O)O2)C1=O. The fourth-order valence-electron chi connectivity index (χ4n) is 2.30. The van der Waals surface area contributed by atoms with Crippen molar-refractivity contribution in [3.05, 3.63) is 47.5 Å². The molecule has 90 valence electrons. The molecule has 1 atom stereocenters. The molecule has 2 aliphatic heterocycles. The zero-order valence-electron chi connectivity index (χ0n) is 9.54. The maximum absolute atomic E-state index is 12.2. The minimum absolute atomic E-state index is 0.374. The van der Waals surface area contributed by atoms with Gasteiger partial charge < -0.3 is 4.74 Å². The first-order chi connectivity index (χ1) is 8.56. The van der Waals surface area contributed by atoms with E-state index in [0.29, 0.717) is 11.1 Å². The molecule has 2 aliphatic rings. The Morgan fingerprint density at radius 2 is 1.89 bits per heavy atom. The van der Waals surface area contributed by atoms with Gasteiger partial charge in [0, 0.05) is 24.3 Å². The number of carbonyl (C=O) groups excluding carboxylic acids is 3. The van der Waals surface area contributed by atoms with Gasteiger partial charge in [0.2, 0.25) is 5.60 Å². The fraction of sp³-hybridized carbons (Fsp3) is 0.154. The first-order valence-electron chi connectivity index (χ1n) is 5.40. The lowest BCUT2D eigenvalue weighted by atomic mass is 9.85. The zero-order valence-corrected chi connectivity index (χ0v) is 9.54. The molecule has 0 bridgehead atoms. The molecular weight excluding hydrogens is 234 g/mol. The molecule has 1 aromatic rings. The second-order valence-electron chi connectivity index (χ2n) is 4.20. The Labute approximate surface area is 103 Å². The summed E-state index contributed by atoms with van der Waals surface area (Å²) in [5, 5.41) is 0. The molecule has 1 unspecified atom stereocenters. The van der Waals surface area contributed by atoms with E-state index in [-0.39, 0.29) is 0 Å². The third kappa shape index (κ3) is 1.13. The number of ether oxygens (including phenoxy) is 1. The molecule has 2 heterocycles. The minimum atomic E-state index is -1.48. The first-order valence-corrected chi connectivity index (χ1v) is 5.40. The smallest absolute Gasteiger partial charge is 0.332 e. The van der Waals surface area contributed by atoms with Gasteiger partial charge in [-0.25, -0.2) is 4.79 Å². The minimum Gasteiger partial charge on any atom is -0.436 e. The van der Waals surface area contributed by atoms with Crippen LogP contribution in [0.2, 0.25) is 0 Å². The Hall–Kier alpha value is -2.43. The molecule has 2 amide bonds. The number of amides is 2. The Balaban J connectivity index is 2.30. The molecule has 0 aliphatic carbocycles. The van der Waals surface area contributed by atoms with Gasteiger partial charge in [-0.15, -0.1) is 0 Å². The summed E-state index contributed by atoms with van der Waals surface area (Å²) in [7, 11) is 1.38. The van der Waals surface area contributed by atoms with Gasteiger partial charge in [0.15, 0.2) is 0 Å². The molecule has 0 saturated heterocycles. The normalized spacial score (nSPS) is 25.6. The average molecular weight is 243 g/mol. The highest BCUT2D eigenvalue weighted by Crippen LogP contribution is 2.39. The van der Waals surface area contributed by atoms with Gasteiger partial charge in [-0.1, -0.05) is 18.2 Å². The van der Waals surface area contributed by atoms with Gasteiger partial charge in [-0.3, -0.25) is 14.5 Å². The number of rotatable bonds is 0. The molecule has 1 aromatic carbocycles. The monoisotopic (exact) mass is 243 g/mol. The van der Waals surface area contributed by atoms with Crippen molar-refractivity contribution in [2.75, 3.05) is 7.05 Å². The van der Waals surface area contributed by atoms with Crippen molar-refractivity contribution < 1.29 is 19.1 Å². The lowest BCUT2D eigenvalue weighted by Gasteiger charge is -2.35. The van der Waals surface area contributed by atoms with Crippen molar-refractivity contribution in [1.82, 2.24) is 4.90 Å². The zero-order chi connectivity index (χ0) is 12.9. The second-order valence-corrected chi connectivity index (χ2v) is 4.20. The number of esters is 1. The number of nitrogens with zero attached hydrogens (tertiary/aromatic N) is 1. The molecule has 0 aromatic heterocycles. The highest BCUT2D eigenvalue weighted by molar-refractivity contribution is 6.14. The van der Waals surface area contributed by atoms with Crippen LogP contribution in [0.5, 0.6) is 0 Å². The van der Waals surface area contributed by atoms with Gasteiger partial charge in [0.25, 0.3) is 11.8 Å². The molecule has 1 spiro atoms. The van der Waals surface area contributed by atoms with Crippen LogP contribution >= 0.6 is 0 Å². The van der Waals surface area contributed by atoms with Crippen molar-refractivity contribution >= 4 is 17.8 Å². The van der Waals surface area contributed by atoms with Crippen LogP contribution in [0.4, 0.5) is 0 Å². The molecule has 18 heavy (non-hydrogen) atoms. The first kappa shape index (κ1) is 10.7. The summed E-state index contributed by atoms with van der Waals surface area (Å²) in [5.74, 6) is -1.52.